The minimum absolute atomic E-state index is 0.160. The molecule has 1 aromatic heterocycles. The molecule has 1 aromatic rings. The van der Waals surface area contributed by atoms with Gasteiger partial charge in [-0.25, -0.2) is 4.79 Å². The number of carboxylic acid groups (broad SMARTS) is 1. The standard InChI is InChI=1S/C14H19N3O3/c1-8-5-12(11(6-16-8)14(19)20)17-7-10(13(15)18)4-3-9(17)2/h5-6,9-10H,3-4,7H2,1-2H3,(H2,15,18)(H,19,20). The SMILES string of the molecule is Cc1cc(N2CC(C(N)=O)CCC2C)c(C(=O)O)cn1. The van der Waals surface area contributed by atoms with Crippen LogP contribution in [0.25, 0.3) is 0 Å². The molecule has 6 nitrogen and oxygen atoms in total. The smallest absolute Gasteiger partial charge is 0.339 e. The Bertz CT molecular complexity index is 544. The molecule has 20 heavy (non-hydrogen) atoms. The van der Waals surface area contributed by atoms with Crippen molar-refractivity contribution in [1.29, 1.82) is 0 Å². The molecule has 2 atom stereocenters. The van der Waals surface area contributed by atoms with Crippen LogP contribution < -0.4 is 10.6 Å². The zero-order valence-corrected chi connectivity index (χ0v) is 11.7. The summed E-state index contributed by atoms with van der Waals surface area (Å²) < 4.78 is 0. The lowest BCUT2D eigenvalue weighted by molar-refractivity contribution is -0.122. The second-order valence-corrected chi connectivity index (χ2v) is 5.33. The van der Waals surface area contributed by atoms with Gasteiger partial charge in [0.25, 0.3) is 0 Å². The Balaban J connectivity index is 2.40. The molecule has 1 aliphatic rings. The molecule has 1 fully saturated rings. The summed E-state index contributed by atoms with van der Waals surface area (Å²) in [5.41, 5.74) is 6.91. The highest BCUT2D eigenvalue weighted by molar-refractivity contribution is 5.94. The van der Waals surface area contributed by atoms with Crippen LogP contribution in [-0.4, -0.2) is 34.6 Å². The second-order valence-electron chi connectivity index (χ2n) is 5.33. The van der Waals surface area contributed by atoms with Crippen molar-refractivity contribution in [3.05, 3.63) is 23.5 Å². The molecular weight excluding hydrogens is 258 g/mol. The third kappa shape index (κ3) is 2.74. The lowest BCUT2D eigenvalue weighted by Gasteiger charge is -2.39. The lowest BCUT2D eigenvalue weighted by atomic mass is 9.92. The van der Waals surface area contributed by atoms with Crippen molar-refractivity contribution in [3.8, 4) is 0 Å². The summed E-state index contributed by atoms with van der Waals surface area (Å²) in [6, 6.07) is 1.93. The maximum Gasteiger partial charge on any atom is 0.339 e. The van der Waals surface area contributed by atoms with Crippen LogP contribution in [0.15, 0.2) is 12.3 Å². The van der Waals surface area contributed by atoms with E-state index in [2.05, 4.69) is 4.98 Å². The largest absolute Gasteiger partial charge is 0.478 e. The van der Waals surface area contributed by atoms with E-state index in [1.54, 1.807) is 6.07 Å². The van der Waals surface area contributed by atoms with Crippen molar-refractivity contribution in [1.82, 2.24) is 4.98 Å². The summed E-state index contributed by atoms with van der Waals surface area (Å²) in [6.07, 6.45) is 2.93. The molecule has 0 radical (unpaired) electrons. The number of anilines is 1. The summed E-state index contributed by atoms with van der Waals surface area (Å²) in [5, 5.41) is 9.29. The van der Waals surface area contributed by atoms with Gasteiger partial charge in [0.05, 0.1) is 11.6 Å². The first-order valence-electron chi connectivity index (χ1n) is 6.66. The Hall–Kier alpha value is -2.11. The zero-order chi connectivity index (χ0) is 14.9. The second kappa shape index (κ2) is 5.48. The number of carbonyl (C=O) groups is 2. The van der Waals surface area contributed by atoms with E-state index in [-0.39, 0.29) is 23.4 Å². The maximum atomic E-state index is 11.4. The summed E-state index contributed by atoms with van der Waals surface area (Å²) in [5.74, 6) is -1.58. The van der Waals surface area contributed by atoms with Gasteiger partial charge in [0.15, 0.2) is 0 Å². The molecule has 0 saturated carbocycles. The van der Waals surface area contributed by atoms with E-state index in [1.807, 2.05) is 18.7 Å². The molecule has 2 heterocycles. The predicted octanol–water partition coefficient (Wildman–Crippen LogP) is 1.18. The number of piperidine rings is 1. The molecule has 1 amide bonds. The van der Waals surface area contributed by atoms with Gasteiger partial charge in [-0.1, -0.05) is 0 Å². The Kier molecular flexibility index (Phi) is 3.92. The quantitative estimate of drug-likeness (QED) is 0.864. The Labute approximate surface area is 117 Å². The van der Waals surface area contributed by atoms with Crippen molar-refractivity contribution in [2.45, 2.75) is 32.7 Å². The van der Waals surface area contributed by atoms with Crippen molar-refractivity contribution < 1.29 is 14.7 Å². The third-order valence-electron chi connectivity index (χ3n) is 3.84. The number of hydrogen-bond donors (Lipinski definition) is 2. The number of primary amides is 1. The number of carboxylic acids is 1. The van der Waals surface area contributed by atoms with Crippen LogP contribution in [0.1, 0.15) is 35.8 Å². The highest BCUT2D eigenvalue weighted by Gasteiger charge is 2.31. The van der Waals surface area contributed by atoms with Crippen LogP contribution >= 0.6 is 0 Å². The number of amides is 1. The maximum absolute atomic E-state index is 11.4. The van der Waals surface area contributed by atoms with E-state index in [4.69, 9.17) is 5.73 Å². The van der Waals surface area contributed by atoms with E-state index in [9.17, 15) is 14.7 Å². The van der Waals surface area contributed by atoms with Crippen LogP contribution in [0.4, 0.5) is 5.69 Å². The fourth-order valence-electron chi connectivity index (χ4n) is 2.62. The number of nitrogens with two attached hydrogens (primary N) is 1. The van der Waals surface area contributed by atoms with E-state index < -0.39 is 5.97 Å². The molecule has 2 unspecified atom stereocenters. The van der Waals surface area contributed by atoms with Crippen LogP contribution in [0, 0.1) is 12.8 Å². The Morgan fingerprint density at radius 3 is 2.75 bits per heavy atom. The highest BCUT2D eigenvalue weighted by Crippen LogP contribution is 2.30. The van der Waals surface area contributed by atoms with Gasteiger partial charge < -0.3 is 15.7 Å². The van der Waals surface area contributed by atoms with Crippen LogP contribution in [0.2, 0.25) is 0 Å². The molecule has 1 aliphatic heterocycles. The van der Waals surface area contributed by atoms with Gasteiger partial charge in [0.1, 0.15) is 5.56 Å². The average molecular weight is 277 g/mol. The first-order valence-corrected chi connectivity index (χ1v) is 6.66. The molecule has 3 N–H and O–H groups in total. The van der Waals surface area contributed by atoms with Gasteiger partial charge in [0.2, 0.25) is 5.91 Å². The van der Waals surface area contributed by atoms with Gasteiger partial charge in [0, 0.05) is 24.5 Å². The van der Waals surface area contributed by atoms with Crippen LogP contribution in [-0.2, 0) is 4.79 Å². The first kappa shape index (κ1) is 14.3. The number of carbonyl (C=O) groups excluding carboxylic acids is 1. The average Bonchev–Trinajstić information content (AvgIpc) is 2.38. The minimum Gasteiger partial charge on any atom is -0.478 e. The fourth-order valence-corrected chi connectivity index (χ4v) is 2.62. The third-order valence-corrected chi connectivity index (χ3v) is 3.84. The number of nitrogens with zero attached hydrogens (tertiary/aromatic N) is 2. The monoisotopic (exact) mass is 277 g/mol. The predicted molar refractivity (Wildman–Crippen MR) is 74.7 cm³/mol. The van der Waals surface area contributed by atoms with Crippen LogP contribution in [0.3, 0.4) is 0 Å². The van der Waals surface area contributed by atoms with Gasteiger partial charge in [-0.3, -0.25) is 9.78 Å². The lowest BCUT2D eigenvalue weighted by Crippen LogP contribution is -2.46. The van der Waals surface area contributed by atoms with Crippen molar-refractivity contribution >= 4 is 17.6 Å². The molecule has 1 saturated heterocycles. The van der Waals surface area contributed by atoms with Gasteiger partial charge >= 0.3 is 5.97 Å². The molecule has 2 rings (SSSR count). The molecular formula is C14H19N3O3. The minimum atomic E-state index is -1.01. The Morgan fingerprint density at radius 1 is 1.45 bits per heavy atom. The first-order chi connectivity index (χ1) is 9.40. The molecule has 0 aliphatic carbocycles. The molecule has 108 valence electrons. The fraction of sp³-hybridized carbons (Fsp3) is 0.500. The van der Waals surface area contributed by atoms with Crippen molar-refractivity contribution in [3.63, 3.8) is 0 Å². The molecule has 0 aromatic carbocycles. The summed E-state index contributed by atoms with van der Waals surface area (Å²) in [6.45, 7) is 4.30. The van der Waals surface area contributed by atoms with E-state index in [0.29, 0.717) is 12.2 Å². The van der Waals surface area contributed by atoms with Crippen molar-refractivity contribution in [2.24, 2.45) is 11.7 Å². The number of hydrogen-bond acceptors (Lipinski definition) is 4. The Morgan fingerprint density at radius 2 is 2.15 bits per heavy atom. The van der Waals surface area contributed by atoms with Crippen LogP contribution in [0.5, 0.6) is 0 Å². The normalized spacial score (nSPS) is 22.6. The van der Waals surface area contributed by atoms with Gasteiger partial charge in [-0.05, 0) is 32.8 Å². The van der Waals surface area contributed by atoms with E-state index >= 15 is 0 Å². The molecule has 0 bridgehead atoms. The van der Waals surface area contributed by atoms with E-state index in [0.717, 1.165) is 18.5 Å². The highest BCUT2D eigenvalue weighted by atomic mass is 16.4. The van der Waals surface area contributed by atoms with Crippen molar-refractivity contribution in [2.75, 3.05) is 11.4 Å². The van der Waals surface area contributed by atoms with Gasteiger partial charge in [-0.2, -0.15) is 0 Å². The number of pyridine rings is 1. The number of rotatable bonds is 3. The number of aryl methyl sites for hydroxylation is 1. The summed E-state index contributed by atoms with van der Waals surface area (Å²) >= 11 is 0. The topological polar surface area (TPSA) is 96.5 Å². The summed E-state index contributed by atoms with van der Waals surface area (Å²) in [4.78, 5) is 28.7. The number of aromatic carboxylic acids is 1. The zero-order valence-electron chi connectivity index (χ0n) is 11.7. The van der Waals surface area contributed by atoms with E-state index in [1.165, 1.54) is 6.20 Å². The number of aromatic nitrogens is 1. The van der Waals surface area contributed by atoms with Gasteiger partial charge in [-0.15, -0.1) is 0 Å². The molecule has 0 spiro atoms. The summed E-state index contributed by atoms with van der Waals surface area (Å²) in [7, 11) is 0. The molecule has 6 heteroatoms.